The third-order valence-electron chi connectivity index (χ3n) is 2.97. The number of alkyl halides is 3. The van der Waals surface area contributed by atoms with E-state index in [2.05, 4.69) is 10.2 Å². The molecule has 1 aromatic heterocycles. The van der Waals surface area contributed by atoms with Crippen LogP contribution in [0.25, 0.3) is 0 Å². The van der Waals surface area contributed by atoms with Crippen LogP contribution in [0, 0.1) is 5.21 Å². The second kappa shape index (κ2) is 4.10. The maximum Gasteiger partial charge on any atom is 0.445 e. The van der Waals surface area contributed by atoms with Crippen molar-refractivity contribution in [2.75, 3.05) is 13.7 Å². The minimum Gasteiger partial charge on any atom is -0.623 e. The Morgan fingerprint density at radius 3 is 2.50 bits per heavy atom. The Morgan fingerprint density at radius 2 is 2.11 bits per heavy atom. The molecule has 0 aromatic carbocycles. The molecular formula is C8H11F3N4O2S. The lowest BCUT2D eigenvalue weighted by molar-refractivity contribution is -0.138. The molecule has 1 fully saturated rings. The predicted octanol–water partition coefficient (Wildman–Crippen LogP) is 0.972. The van der Waals surface area contributed by atoms with Crippen molar-refractivity contribution in [3.63, 3.8) is 0 Å². The van der Waals surface area contributed by atoms with Crippen LogP contribution in [0.4, 0.5) is 18.3 Å². The van der Waals surface area contributed by atoms with Crippen molar-refractivity contribution in [2.24, 2.45) is 0 Å². The molecule has 102 valence electrons. The molecule has 1 aromatic rings. The summed E-state index contributed by atoms with van der Waals surface area (Å²) >= 11 is 0.170. The maximum absolute atomic E-state index is 12.4. The van der Waals surface area contributed by atoms with Crippen LogP contribution in [0.2, 0.25) is 0 Å². The lowest BCUT2D eigenvalue weighted by Gasteiger charge is -2.36. The first-order valence-electron chi connectivity index (χ1n) is 5.04. The van der Waals surface area contributed by atoms with Gasteiger partial charge in [-0.3, -0.25) is 4.65 Å². The molecule has 0 bridgehead atoms. The average Bonchev–Trinajstić information content (AvgIpc) is 2.81. The minimum atomic E-state index is -4.63. The van der Waals surface area contributed by atoms with Gasteiger partial charge in [0.1, 0.15) is 6.67 Å². The summed E-state index contributed by atoms with van der Waals surface area (Å²) < 4.78 is 35.9. The van der Waals surface area contributed by atoms with Crippen LogP contribution >= 0.6 is 11.3 Å². The number of nitrogens with zero attached hydrogens (tertiary/aromatic N) is 4. The van der Waals surface area contributed by atoms with Gasteiger partial charge >= 0.3 is 11.3 Å². The average molecular weight is 284 g/mol. The summed E-state index contributed by atoms with van der Waals surface area (Å²) in [6.45, 7) is 1.46. The number of quaternary nitrogens is 1. The van der Waals surface area contributed by atoms with E-state index in [0.29, 0.717) is 0 Å². The van der Waals surface area contributed by atoms with E-state index in [1.807, 2.05) is 0 Å². The summed E-state index contributed by atoms with van der Waals surface area (Å²) in [5.41, 5.74) is 0. The van der Waals surface area contributed by atoms with Gasteiger partial charge in [-0.05, 0) is 25.3 Å². The van der Waals surface area contributed by atoms with Gasteiger partial charge in [0.15, 0.2) is 0 Å². The fourth-order valence-electron chi connectivity index (χ4n) is 1.78. The number of aliphatic hydroxyl groups is 1. The van der Waals surface area contributed by atoms with Gasteiger partial charge in [-0.2, -0.15) is 13.2 Å². The van der Waals surface area contributed by atoms with Gasteiger partial charge in [0.25, 0.3) is 0 Å². The number of halogens is 3. The number of aromatic nitrogens is 2. The van der Waals surface area contributed by atoms with E-state index in [4.69, 9.17) is 0 Å². The topological polar surface area (TPSA) is 72.3 Å². The van der Waals surface area contributed by atoms with Gasteiger partial charge < -0.3 is 10.3 Å². The molecule has 3 unspecified atom stereocenters. The first-order chi connectivity index (χ1) is 8.16. The molecule has 0 saturated carbocycles. The molecule has 2 rings (SSSR count). The highest BCUT2D eigenvalue weighted by atomic mass is 32.1. The lowest BCUT2D eigenvalue weighted by Crippen LogP contribution is -2.49. The zero-order valence-corrected chi connectivity index (χ0v) is 10.4. The molecule has 3 atom stereocenters. The lowest BCUT2D eigenvalue weighted by atomic mass is 10.3. The molecule has 0 amide bonds. The molecular weight excluding hydrogens is 273 g/mol. The van der Waals surface area contributed by atoms with Crippen molar-refractivity contribution >= 4 is 16.5 Å². The SMILES string of the molecule is CC1C(O)[N+]([O-])(c2nnc(C(F)(F)F)s2)CN1C. The van der Waals surface area contributed by atoms with E-state index in [9.17, 15) is 23.5 Å². The van der Waals surface area contributed by atoms with E-state index in [1.165, 1.54) is 0 Å². The third-order valence-corrected chi connectivity index (χ3v) is 4.05. The van der Waals surface area contributed by atoms with Crippen molar-refractivity contribution < 1.29 is 18.3 Å². The summed E-state index contributed by atoms with van der Waals surface area (Å²) in [6.07, 6.45) is -6.00. The number of hydrogen-bond donors (Lipinski definition) is 1. The first-order valence-corrected chi connectivity index (χ1v) is 5.86. The summed E-state index contributed by atoms with van der Waals surface area (Å²) in [6, 6.07) is -0.458. The fourth-order valence-corrected chi connectivity index (χ4v) is 2.55. The molecule has 0 aliphatic carbocycles. The van der Waals surface area contributed by atoms with E-state index >= 15 is 0 Å². The summed E-state index contributed by atoms with van der Waals surface area (Å²) in [4.78, 5) is 1.56. The Morgan fingerprint density at radius 1 is 1.50 bits per heavy atom. The van der Waals surface area contributed by atoms with Crippen molar-refractivity contribution in [2.45, 2.75) is 25.4 Å². The highest BCUT2D eigenvalue weighted by Crippen LogP contribution is 2.39. The second-order valence-electron chi connectivity index (χ2n) is 4.24. The quantitative estimate of drug-likeness (QED) is 0.614. The molecule has 2 heterocycles. The number of likely N-dealkylation sites (N-methyl/N-ethyl adjacent to an activating group) is 1. The van der Waals surface area contributed by atoms with Gasteiger partial charge in [0, 0.05) is 0 Å². The van der Waals surface area contributed by atoms with Gasteiger partial charge in [0.05, 0.1) is 6.04 Å². The molecule has 1 aliphatic rings. The number of hydrogen-bond acceptors (Lipinski definition) is 6. The molecule has 1 aliphatic heterocycles. The Balaban J connectivity index is 2.35. The van der Waals surface area contributed by atoms with Crippen LogP contribution in [0.15, 0.2) is 0 Å². The summed E-state index contributed by atoms with van der Waals surface area (Å²) in [7, 11) is 1.61. The Bertz CT molecular complexity index is 454. The molecule has 6 nitrogen and oxygen atoms in total. The van der Waals surface area contributed by atoms with Gasteiger partial charge in [-0.15, -0.1) is 5.10 Å². The Labute approximate surface area is 104 Å². The zero-order valence-electron chi connectivity index (χ0n) is 9.55. The predicted molar refractivity (Wildman–Crippen MR) is 58.2 cm³/mol. The van der Waals surface area contributed by atoms with Crippen LogP contribution in [0.3, 0.4) is 0 Å². The largest absolute Gasteiger partial charge is 0.623 e. The third kappa shape index (κ3) is 1.99. The Hall–Kier alpha value is -0.810. The minimum absolute atomic E-state index is 0.158. The van der Waals surface area contributed by atoms with Crippen molar-refractivity contribution in [1.82, 2.24) is 19.7 Å². The molecule has 0 spiro atoms. The first kappa shape index (κ1) is 13.6. The highest BCUT2D eigenvalue weighted by Gasteiger charge is 2.48. The standard InChI is InChI=1S/C8H11F3N4O2S/c1-4-5(16)15(17,3-14(4)2)7-13-12-6(18-7)8(9,10)11/h4-5,16H,3H2,1-2H3. The smallest absolute Gasteiger partial charge is 0.445 e. The normalized spacial score (nSPS) is 34.2. The van der Waals surface area contributed by atoms with E-state index in [1.54, 1.807) is 18.9 Å². The summed E-state index contributed by atoms with van der Waals surface area (Å²) in [5.74, 6) is 0. The van der Waals surface area contributed by atoms with Gasteiger partial charge in [-0.25, -0.2) is 4.90 Å². The van der Waals surface area contributed by atoms with Crippen molar-refractivity contribution in [3.8, 4) is 0 Å². The second-order valence-corrected chi connectivity index (χ2v) is 5.19. The van der Waals surface area contributed by atoms with Gasteiger partial charge in [0.2, 0.25) is 11.2 Å². The molecule has 1 saturated heterocycles. The van der Waals surface area contributed by atoms with Crippen LogP contribution in [0.5, 0.6) is 0 Å². The molecule has 18 heavy (non-hydrogen) atoms. The monoisotopic (exact) mass is 284 g/mol. The molecule has 0 radical (unpaired) electrons. The van der Waals surface area contributed by atoms with E-state index in [0.717, 1.165) is 0 Å². The highest BCUT2D eigenvalue weighted by molar-refractivity contribution is 7.15. The summed E-state index contributed by atoms with van der Waals surface area (Å²) in [5, 5.41) is 26.9. The van der Waals surface area contributed by atoms with Crippen molar-refractivity contribution in [3.05, 3.63) is 10.2 Å². The zero-order chi connectivity index (χ0) is 13.7. The number of aliphatic hydroxyl groups excluding tert-OH is 1. The van der Waals surface area contributed by atoms with Crippen LogP contribution in [-0.2, 0) is 6.18 Å². The molecule has 10 heteroatoms. The maximum atomic E-state index is 12.4. The van der Waals surface area contributed by atoms with E-state index in [-0.39, 0.29) is 23.1 Å². The van der Waals surface area contributed by atoms with Gasteiger partial charge in [-0.1, -0.05) is 5.10 Å². The molecule has 1 N–H and O–H groups in total. The van der Waals surface area contributed by atoms with E-state index < -0.39 is 28.1 Å². The van der Waals surface area contributed by atoms with Crippen molar-refractivity contribution in [1.29, 1.82) is 0 Å². The Kier molecular flexibility index (Phi) is 3.10. The van der Waals surface area contributed by atoms with Crippen LogP contribution in [0.1, 0.15) is 11.9 Å². The van der Waals surface area contributed by atoms with Crippen LogP contribution in [-0.4, -0.2) is 46.2 Å². The number of rotatable bonds is 1. The fraction of sp³-hybridized carbons (Fsp3) is 0.750. The van der Waals surface area contributed by atoms with Crippen LogP contribution < -0.4 is 4.65 Å². The number of hydroxylamine groups is 2.